The van der Waals surface area contributed by atoms with E-state index in [9.17, 15) is 9.59 Å². The van der Waals surface area contributed by atoms with Gasteiger partial charge in [-0.1, -0.05) is 37.3 Å². The van der Waals surface area contributed by atoms with Crippen molar-refractivity contribution in [2.24, 2.45) is 0 Å². The maximum Gasteiger partial charge on any atom is 0.224 e. The molecular weight excluding hydrogens is 330 g/mol. The van der Waals surface area contributed by atoms with E-state index in [1.807, 2.05) is 18.2 Å². The molecule has 3 aromatic carbocycles. The summed E-state index contributed by atoms with van der Waals surface area (Å²) in [4.78, 5) is 24.8. The minimum Gasteiger partial charge on any atom is -0.326 e. The van der Waals surface area contributed by atoms with Crippen LogP contribution in [0.3, 0.4) is 0 Å². The largest absolute Gasteiger partial charge is 0.326 e. The van der Waals surface area contributed by atoms with E-state index < -0.39 is 0 Å². The molecule has 1 N–H and O–H groups in total. The van der Waals surface area contributed by atoms with Gasteiger partial charge in [0.1, 0.15) is 0 Å². The van der Waals surface area contributed by atoms with Crippen molar-refractivity contribution in [3.8, 4) is 0 Å². The van der Waals surface area contributed by atoms with Gasteiger partial charge in [-0.3, -0.25) is 9.59 Å². The van der Waals surface area contributed by atoms with Gasteiger partial charge in [-0.2, -0.15) is 0 Å². The second-order valence-electron chi connectivity index (χ2n) is 5.70. The van der Waals surface area contributed by atoms with Crippen LogP contribution < -0.4 is 5.32 Å². The minimum atomic E-state index is -0.0362. The van der Waals surface area contributed by atoms with Crippen LogP contribution in [0.4, 0.5) is 5.69 Å². The molecule has 0 saturated heterocycles. The summed E-state index contributed by atoms with van der Waals surface area (Å²) in [5.41, 5.74) is 1.37. The Morgan fingerprint density at radius 3 is 2.36 bits per heavy atom. The number of ketones is 1. The first-order valence-electron chi connectivity index (χ1n) is 8.20. The van der Waals surface area contributed by atoms with Gasteiger partial charge in [-0.15, -0.1) is 11.8 Å². The van der Waals surface area contributed by atoms with Crippen LogP contribution in [0, 0.1) is 0 Å². The Hall–Kier alpha value is -2.59. The van der Waals surface area contributed by atoms with E-state index >= 15 is 0 Å². The quantitative estimate of drug-likeness (QED) is 0.494. The van der Waals surface area contributed by atoms with E-state index in [1.165, 1.54) is 22.5 Å². The number of carbonyl (C=O) groups excluding carboxylic acids is 2. The lowest BCUT2D eigenvalue weighted by Gasteiger charge is -2.06. The van der Waals surface area contributed by atoms with Gasteiger partial charge in [0.05, 0.1) is 5.75 Å². The molecule has 25 heavy (non-hydrogen) atoms. The van der Waals surface area contributed by atoms with Crippen molar-refractivity contribution in [3.63, 3.8) is 0 Å². The number of Topliss-reactive ketones (excluding diaryl/α,β-unsaturated/α-hetero) is 1. The maximum absolute atomic E-state index is 12.4. The molecular formula is C21H19NO2S. The fourth-order valence-corrected chi connectivity index (χ4v) is 3.32. The average molecular weight is 349 g/mol. The van der Waals surface area contributed by atoms with Crippen LogP contribution in [0.2, 0.25) is 0 Å². The van der Waals surface area contributed by atoms with Crippen molar-refractivity contribution in [2.45, 2.75) is 18.2 Å². The van der Waals surface area contributed by atoms with Crippen LogP contribution in [-0.2, 0) is 4.79 Å². The van der Waals surface area contributed by atoms with Crippen LogP contribution in [-0.4, -0.2) is 17.4 Å². The lowest BCUT2D eigenvalue weighted by Crippen LogP contribution is -2.09. The molecule has 0 bridgehead atoms. The van der Waals surface area contributed by atoms with Crippen LogP contribution in [0.5, 0.6) is 0 Å². The highest BCUT2D eigenvalue weighted by Gasteiger charge is 2.08. The normalized spacial score (nSPS) is 10.6. The molecule has 0 spiro atoms. The Morgan fingerprint density at radius 2 is 1.64 bits per heavy atom. The summed E-state index contributed by atoms with van der Waals surface area (Å²) < 4.78 is 0. The molecule has 0 fully saturated rings. The molecule has 0 aliphatic rings. The van der Waals surface area contributed by atoms with Crippen molar-refractivity contribution >= 4 is 39.9 Å². The van der Waals surface area contributed by atoms with Crippen LogP contribution in [0.25, 0.3) is 10.8 Å². The number of carbonyl (C=O) groups is 2. The van der Waals surface area contributed by atoms with Crippen molar-refractivity contribution in [1.82, 2.24) is 0 Å². The maximum atomic E-state index is 12.4. The van der Waals surface area contributed by atoms with Gasteiger partial charge in [-0.05, 0) is 47.2 Å². The fourth-order valence-electron chi connectivity index (χ4n) is 2.48. The van der Waals surface area contributed by atoms with E-state index in [2.05, 4.69) is 29.6 Å². The number of hydrogen-bond acceptors (Lipinski definition) is 3. The van der Waals surface area contributed by atoms with Gasteiger partial charge in [-0.25, -0.2) is 0 Å². The first-order chi connectivity index (χ1) is 12.2. The zero-order chi connectivity index (χ0) is 17.6. The van der Waals surface area contributed by atoms with Gasteiger partial charge in [0.15, 0.2) is 5.78 Å². The number of benzene rings is 3. The third kappa shape index (κ3) is 4.48. The number of amides is 1. The summed E-state index contributed by atoms with van der Waals surface area (Å²) in [6.45, 7) is 1.80. The van der Waals surface area contributed by atoms with E-state index in [0.29, 0.717) is 23.4 Å². The second kappa shape index (κ2) is 7.99. The van der Waals surface area contributed by atoms with Gasteiger partial charge >= 0.3 is 0 Å². The SMILES string of the molecule is CCC(=O)Nc1ccc(C(=O)CSc2ccc3ccccc3c2)cc1. The summed E-state index contributed by atoms with van der Waals surface area (Å²) in [5.74, 6) is 0.427. The molecule has 1 amide bonds. The number of fused-ring (bicyclic) bond motifs is 1. The molecule has 0 saturated carbocycles. The Labute approximate surface area is 151 Å². The van der Waals surface area contributed by atoms with Gasteiger partial charge in [0.2, 0.25) is 5.91 Å². The fraction of sp³-hybridized carbons (Fsp3) is 0.143. The van der Waals surface area contributed by atoms with Crippen molar-refractivity contribution in [2.75, 3.05) is 11.1 Å². The zero-order valence-electron chi connectivity index (χ0n) is 14.0. The summed E-state index contributed by atoms with van der Waals surface area (Å²) in [5, 5.41) is 5.15. The van der Waals surface area contributed by atoms with E-state index in [4.69, 9.17) is 0 Å². The number of rotatable bonds is 6. The molecule has 0 radical (unpaired) electrons. The Balaban J connectivity index is 1.62. The first kappa shape index (κ1) is 17.2. The lowest BCUT2D eigenvalue weighted by atomic mass is 10.1. The molecule has 0 aliphatic heterocycles. The molecule has 3 rings (SSSR count). The molecule has 3 aromatic rings. The van der Waals surface area contributed by atoms with E-state index in [1.54, 1.807) is 31.2 Å². The molecule has 0 aromatic heterocycles. The third-order valence-electron chi connectivity index (χ3n) is 3.90. The van der Waals surface area contributed by atoms with Crippen LogP contribution >= 0.6 is 11.8 Å². The molecule has 0 aliphatic carbocycles. The molecule has 0 atom stereocenters. The van der Waals surface area contributed by atoms with Crippen molar-refractivity contribution < 1.29 is 9.59 Å². The number of anilines is 1. The lowest BCUT2D eigenvalue weighted by molar-refractivity contribution is -0.115. The number of hydrogen-bond donors (Lipinski definition) is 1. The van der Waals surface area contributed by atoms with E-state index in [-0.39, 0.29) is 11.7 Å². The Bertz CT molecular complexity index is 903. The van der Waals surface area contributed by atoms with Crippen molar-refractivity contribution in [3.05, 3.63) is 72.3 Å². The minimum absolute atomic E-state index is 0.0362. The average Bonchev–Trinajstić information content (AvgIpc) is 2.66. The zero-order valence-corrected chi connectivity index (χ0v) is 14.8. The number of thioether (sulfide) groups is 1. The van der Waals surface area contributed by atoms with Crippen LogP contribution in [0.1, 0.15) is 23.7 Å². The summed E-state index contributed by atoms with van der Waals surface area (Å²) >= 11 is 1.54. The van der Waals surface area contributed by atoms with E-state index in [0.717, 1.165) is 4.90 Å². The highest BCUT2D eigenvalue weighted by Crippen LogP contribution is 2.24. The standard InChI is InChI=1S/C21H19NO2S/c1-2-21(24)22-18-10-7-16(8-11-18)20(23)14-25-19-12-9-15-5-3-4-6-17(15)13-19/h3-13H,2,14H2,1H3,(H,22,24). The predicted octanol–water partition coefficient (Wildman–Crippen LogP) is 5.16. The van der Waals surface area contributed by atoms with Gasteiger partial charge in [0.25, 0.3) is 0 Å². The molecule has 0 unspecified atom stereocenters. The Kier molecular flexibility index (Phi) is 5.51. The summed E-state index contributed by atoms with van der Waals surface area (Å²) in [7, 11) is 0. The molecule has 0 heterocycles. The van der Waals surface area contributed by atoms with Gasteiger partial charge in [0, 0.05) is 22.6 Å². The highest BCUT2D eigenvalue weighted by molar-refractivity contribution is 8.00. The predicted molar refractivity (Wildman–Crippen MR) is 104 cm³/mol. The van der Waals surface area contributed by atoms with Gasteiger partial charge < -0.3 is 5.32 Å². The summed E-state index contributed by atoms with van der Waals surface area (Å²) in [6.07, 6.45) is 0.434. The topological polar surface area (TPSA) is 46.2 Å². The first-order valence-corrected chi connectivity index (χ1v) is 9.19. The molecule has 4 heteroatoms. The molecule has 3 nitrogen and oxygen atoms in total. The highest BCUT2D eigenvalue weighted by atomic mass is 32.2. The second-order valence-corrected chi connectivity index (χ2v) is 6.75. The molecule has 126 valence electrons. The summed E-state index contributed by atoms with van der Waals surface area (Å²) in [6, 6.07) is 21.5. The van der Waals surface area contributed by atoms with Crippen LogP contribution in [0.15, 0.2) is 71.6 Å². The smallest absolute Gasteiger partial charge is 0.224 e. The number of nitrogens with one attached hydrogen (secondary N) is 1. The Morgan fingerprint density at radius 1 is 0.920 bits per heavy atom. The van der Waals surface area contributed by atoms with Crippen molar-refractivity contribution in [1.29, 1.82) is 0 Å². The third-order valence-corrected chi connectivity index (χ3v) is 4.90. The monoisotopic (exact) mass is 349 g/mol.